The smallest absolute Gasteiger partial charge is 0.306 e. The van der Waals surface area contributed by atoms with Gasteiger partial charge in [-0.3, -0.25) is 9.59 Å². The normalized spacial score (nSPS) is 34.5. The highest BCUT2D eigenvalue weighted by molar-refractivity contribution is 5.78. The molecule has 1 heterocycles. The van der Waals surface area contributed by atoms with E-state index in [4.69, 9.17) is 5.11 Å². The summed E-state index contributed by atoms with van der Waals surface area (Å²) in [6, 6.07) is 0.422. The van der Waals surface area contributed by atoms with Gasteiger partial charge in [0, 0.05) is 18.5 Å². The lowest BCUT2D eigenvalue weighted by molar-refractivity contribution is -0.143. The average molecular weight is 282 g/mol. The highest BCUT2D eigenvalue weighted by Gasteiger charge is 2.28. The SMILES string of the molecule is CC1CC(C(=O)NCC2CCC(C(=O)O)CC2)CCN1. The number of nitrogens with one attached hydrogen (secondary N) is 2. The van der Waals surface area contributed by atoms with Gasteiger partial charge in [-0.25, -0.2) is 0 Å². The van der Waals surface area contributed by atoms with Crippen molar-refractivity contribution in [3.63, 3.8) is 0 Å². The fraction of sp³-hybridized carbons (Fsp3) is 0.867. The van der Waals surface area contributed by atoms with Crippen molar-refractivity contribution in [2.24, 2.45) is 17.8 Å². The first kappa shape index (κ1) is 15.3. The van der Waals surface area contributed by atoms with Gasteiger partial charge in [-0.1, -0.05) is 0 Å². The minimum absolute atomic E-state index is 0.140. The number of carboxylic acid groups (broad SMARTS) is 1. The quantitative estimate of drug-likeness (QED) is 0.728. The predicted molar refractivity (Wildman–Crippen MR) is 76.3 cm³/mol. The maximum absolute atomic E-state index is 12.1. The summed E-state index contributed by atoms with van der Waals surface area (Å²) >= 11 is 0. The second kappa shape index (κ2) is 7.07. The number of rotatable bonds is 4. The molecule has 1 saturated carbocycles. The Bertz CT molecular complexity index is 351. The first-order valence-corrected chi connectivity index (χ1v) is 7.80. The van der Waals surface area contributed by atoms with Crippen LogP contribution in [0.2, 0.25) is 0 Å². The van der Waals surface area contributed by atoms with Crippen molar-refractivity contribution in [1.82, 2.24) is 10.6 Å². The molecule has 20 heavy (non-hydrogen) atoms. The summed E-state index contributed by atoms with van der Waals surface area (Å²) in [7, 11) is 0. The molecule has 114 valence electrons. The van der Waals surface area contributed by atoms with E-state index in [0.29, 0.717) is 18.5 Å². The fourth-order valence-electron chi connectivity index (χ4n) is 3.37. The summed E-state index contributed by atoms with van der Waals surface area (Å²) in [4.78, 5) is 23.0. The van der Waals surface area contributed by atoms with Crippen LogP contribution in [0.5, 0.6) is 0 Å². The summed E-state index contributed by atoms with van der Waals surface area (Å²) in [6.45, 7) is 3.75. The number of piperidine rings is 1. The van der Waals surface area contributed by atoms with Crippen LogP contribution >= 0.6 is 0 Å². The van der Waals surface area contributed by atoms with E-state index in [0.717, 1.165) is 45.1 Å². The van der Waals surface area contributed by atoms with Crippen LogP contribution in [-0.2, 0) is 9.59 Å². The van der Waals surface area contributed by atoms with Crippen molar-refractivity contribution in [2.75, 3.05) is 13.1 Å². The maximum atomic E-state index is 12.1. The number of carboxylic acids is 1. The standard InChI is InChI=1S/C15H26N2O3/c1-10-8-13(6-7-16-10)14(18)17-9-11-2-4-12(5-3-11)15(19)20/h10-13,16H,2-9H2,1H3,(H,17,18)(H,19,20). The number of hydrogen-bond donors (Lipinski definition) is 3. The molecule has 0 aromatic carbocycles. The molecule has 5 heteroatoms. The van der Waals surface area contributed by atoms with E-state index in [1.54, 1.807) is 0 Å². The van der Waals surface area contributed by atoms with Crippen molar-refractivity contribution in [3.05, 3.63) is 0 Å². The molecule has 1 amide bonds. The van der Waals surface area contributed by atoms with Gasteiger partial charge < -0.3 is 15.7 Å². The van der Waals surface area contributed by atoms with E-state index < -0.39 is 5.97 Å². The van der Waals surface area contributed by atoms with E-state index in [1.165, 1.54) is 0 Å². The molecule has 2 fully saturated rings. The van der Waals surface area contributed by atoms with E-state index in [2.05, 4.69) is 17.6 Å². The molecule has 2 rings (SSSR count). The predicted octanol–water partition coefficient (Wildman–Crippen LogP) is 1.38. The van der Waals surface area contributed by atoms with Gasteiger partial charge in [0.15, 0.2) is 0 Å². The van der Waals surface area contributed by atoms with Crippen molar-refractivity contribution in [2.45, 2.75) is 51.5 Å². The topological polar surface area (TPSA) is 78.4 Å². The Morgan fingerprint density at radius 2 is 1.85 bits per heavy atom. The first-order chi connectivity index (χ1) is 9.56. The number of carbonyl (C=O) groups is 2. The Morgan fingerprint density at radius 3 is 2.45 bits per heavy atom. The lowest BCUT2D eigenvalue weighted by Gasteiger charge is -2.29. The molecule has 1 aliphatic heterocycles. The van der Waals surface area contributed by atoms with Crippen molar-refractivity contribution < 1.29 is 14.7 Å². The van der Waals surface area contributed by atoms with Gasteiger partial charge >= 0.3 is 5.97 Å². The minimum atomic E-state index is -0.670. The third-order valence-corrected chi connectivity index (χ3v) is 4.76. The molecular weight excluding hydrogens is 256 g/mol. The number of amides is 1. The lowest BCUT2D eigenvalue weighted by atomic mass is 9.82. The van der Waals surface area contributed by atoms with E-state index in [1.807, 2.05) is 0 Å². The van der Waals surface area contributed by atoms with Crippen LogP contribution in [-0.4, -0.2) is 36.1 Å². The molecular formula is C15H26N2O3. The third kappa shape index (κ3) is 4.20. The summed E-state index contributed by atoms with van der Waals surface area (Å²) in [5, 5.41) is 15.4. The van der Waals surface area contributed by atoms with E-state index >= 15 is 0 Å². The monoisotopic (exact) mass is 282 g/mol. The molecule has 3 N–H and O–H groups in total. The van der Waals surface area contributed by atoms with Gasteiger partial charge in [-0.05, 0) is 57.9 Å². The zero-order valence-corrected chi connectivity index (χ0v) is 12.2. The summed E-state index contributed by atoms with van der Waals surface area (Å²) in [5.41, 5.74) is 0. The lowest BCUT2D eigenvalue weighted by Crippen LogP contribution is -2.43. The second-order valence-electron chi connectivity index (χ2n) is 6.38. The van der Waals surface area contributed by atoms with Crippen LogP contribution < -0.4 is 10.6 Å². The number of carbonyl (C=O) groups excluding carboxylic acids is 1. The van der Waals surface area contributed by atoms with Crippen LogP contribution in [0.15, 0.2) is 0 Å². The molecule has 2 atom stereocenters. The van der Waals surface area contributed by atoms with Gasteiger partial charge in [0.2, 0.25) is 5.91 Å². The van der Waals surface area contributed by atoms with Gasteiger partial charge in [-0.2, -0.15) is 0 Å². The molecule has 0 aromatic heterocycles. The Labute approximate surface area is 120 Å². The van der Waals surface area contributed by atoms with Gasteiger partial charge in [-0.15, -0.1) is 0 Å². The van der Waals surface area contributed by atoms with Crippen molar-refractivity contribution in [1.29, 1.82) is 0 Å². The molecule has 0 bridgehead atoms. The highest BCUT2D eigenvalue weighted by atomic mass is 16.4. The van der Waals surface area contributed by atoms with Crippen molar-refractivity contribution >= 4 is 11.9 Å². The second-order valence-corrected chi connectivity index (χ2v) is 6.38. The highest BCUT2D eigenvalue weighted by Crippen LogP contribution is 2.28. The van der Waals surface area contributed by atoms with E-state index in [9.17, 15) is 9.59 Å². The zero-order valence-electron chi connectivity index (χ0n) is 12.2. The number of hydrogen-bond acceptors (Lipinski definition) is 3. The molecule has 2 unspecified atom stereocenters. The van der Waals surface area contributed by atoms with Crippen LogP contribution in [0.25, 0.3) is 0 Å². The van der Waals surface area contributed by atoms with Crippen molar-refractivity contribution in [3.8, 4) is 0 Å². The van der Waals surface area contributed by atoms with E-state index in [-0.39, 0.29) is 17.7 Å². The molecule has 1 saturated heterocycles. The minimum Gasteiger partial charge on any atom is -0.481 e. The van der Waals surface area contributed by atoms with Crippen LogP contribution in [0.1, 0.15) is 45.4 Å². The zero-order chi connectivity index (χ0) is 14.5. The summed E-state index contributed by atoms with van der Waals surface area (Å²) in [5.74, 6) is -0.0718. The largest absolute Gasteiger partial charge is 0.481 e. The fourth-order valence-corrected chi connectivity index (χ4v) is 3.37. The third-order valence-electron chi connectivity index (χ3n) is 4.76. The van der Waals surface area contributed by atoms with Gasteiger partial charge in [0.1, 0.15) is 0 Å². The summed E-state index contributed by atoms with van der Waals surface area (Å²) < 4.78 is 0. The molecule has 0 aromatic rings. The molecule has 1 aliphatic carbocycles. The Hall–Kier alpha value is -1.10. The van der Waals surface area contributed by atoms with Gasteiger partial charge in [0.25, 0.3) is 0 Å². The average Bonchev–Trinajstić information content (AvgIpc) is 2.45. The molecule has 2 aliphatic rings. The Kier molecular flexibility index (Phi) is 5.40. The molecule has 0 radical (unpaired) electrons. The first-order valence-electron chi connectivity index (χ1n) is 7.80. The Balaban J connectivity index is 1.68. The van der Waals surface area contributed by atoms with Crippen LogP contribution in [0.4, 0.5) is 0 Å². The van der Waals surface area contributed by atoms with Crippen LogP contribution in [0, 0.1) is 17.8 Å². The summed E-state index contributed by atoms with van der Waals surface area (Å²) in [6.07, 6.45) is 5.17. The van der Waals surface area contributed by atoms with Gasteiger partial charge in [0.05, 0.1) is 5.92 Å². The molecule has 0 spiro atoms. The Morgan fingerprint density at radius 1 is 1.15 bits per heavy atom. The number of aliphatic carboxylic acids is 1. The van der Waals surface area contributed by atoms with Crippen LogP contribution in [0.3, 0.4) is 0 Å². The maximum Gasteiger partial charge on any atom is 0.306 e. The molecule has 5 nitrogen and oxygen atoms in total.